The summed E-state index contributed by atoms with van der Waals surface area (Å²) in [6.07, 6.45) is 1.07. The van der Waals surface area contributed by atoms with Crippen molar-refractivity contribution in [3.63, 3.8) is 0 Å². The third kappa shape index (κ3) is 3.23. The number of aryl methyl sites for hydroxylation is 1. The molecule has 0 unspecified atom stereocenters. The Morgan fingerprint density at radius 1 is 1.35 bits per heavy atom. The summed E-state index contributed by atoms with van der Waals surface area (Å²) in [4.78, 5) is 34.7. The van der Waals surface area contributed by atoms with Crippen LogP contribution in [0, 0.1) is 6.92 Å². The van der Waals surface area contributed by atoms with Crippen molar-refractivity contribution in [2.45, 2.75) is 32.7 Å². The SMILES string of the molecule is CC(=O)c1cc(C(=O)N[C@H]2CCC(=O)NC2)ccc1C. The number of hydrogen-bond acceptors (Lipinski definition) is 3. The van der Waals surface area contributed by atoms with E-state index in [1.165, 1.54) is 6.92 Å². The van der Waals surface area contributed by atoms with Crippen LogP contribution in [0.3, 0.4) is 0 Å². The third-order valence-electron chi connectivity index (χ3n) is 3.48. The molecule has 0 aromatic heterocycles. The lowest BCUT2D eigenvalue weighted by atomic mass is 10.0. The second-order valence-electron chi connectivity index (χ2n) is 5.10. The average molecular weight is 274 g/mol. The van der Waals surface area contributed by atoms with Gasteiger partial charge in [0.1, 0.15) is 0 Å². The molecule has 2 amide bonds. The lowest BCUT2D eigenvalue weighted by Gasteiger charge is -2.23. The van der Waals surface area contributed by atoms with Crippen LogP contribution in [-0.4, -0.2) is 30.2 Å². The Balaban J connectivity index is 2.07. The van der Waals surface area contributed by atoms with E-state index in [0.717, 1.165) is 5.56 Å². The van der Waals surface area contributed by atoms with Crippen LogP contribution in [-0.2, 0) is 4.79 Å². The monoisotopic (exact) mass is 274 g/mol. The van der Waals surface area contributed by atoms with E-state index in [9.17, 15) is 14.4 Å². The van der Waals surface area contributed by atoms with Gasteiger partial charge < -0.3 is 10.6 Å². The van der Waals surface area contributed by atoms with E-state index in [4.69, 9.17) is 0 Å². The van der Waals surface area contributed by atoms with E-state index >= 15 is 0 Å². The van der Waals surface area contributed by atoms with Gasteiger partial charge in [-0.1, -0.05) is 6.07 Å². The minimum absolute atomic E-state index is 0.0182. The first-order valence-electron chi connectivity index (χ1n) is 6.66. The Labute approximate surface area is 117 Å². The summed E-state index contributed by atoms with van der Waals surface area (Å²) in [5.41, 5.74) is 1.89. The number of rotatable bonds is 3. The van der Waals surface area contributed by atoms with E-state index in [2.05, 4.69) is 10.6 Å². The van der Waals surface area contributed by atoms with E-state index in [0.29, 0.717) is 30.5 Å². The Bertz CT molecular complexity index is 556. The molecule has 0 spiro atoms. The molecule has 2 rings (SSSR count). The highest BCUT2D eigenvalue weighted by Gasteiger charge is 2.20. The maximum absolute atomic E-state index is 12.1. The van der Waals surface area contributed by atoms with Gasteiger partial charge in [0.2, 0.25) is 5.91 Å². The highest BCUT2D eigenvalue weighted by Crippen LogP contribution is 2.13. The second-order valence-corrected chi connectivity index (χ2v) is 5.10. The first-order valence-corrected chi connectivity index (χ1v) is 6.66. The van der Waals surface area contributed by atoms with Crippen LogP contribution in [0.5, 0.6) is 0 Å². The molecule has 106 valence electrons. The zero-order valence-electron chi connectivity index (χ0n) is 11.7. The number of nitrogens with one attached hydrogen (secondary N) is 2. The predicted octanol–water partition coefficient (Wildman–Crippen LogP) is 1.21. The smallest absolute Gasteiger partial charge is 0.251 e. The lowest BCUT2D eigenvalue weighted by Crippen LogP contribution is -2.47. The van der Waals surface area contributed by atoms with E-state index < -0.39 is 0 Å². The molecular formula is C15H18N2O3. The fraction of sp³-hybridized carbons (Fsp3) is 0.400. The fourth-order valence-corrected chi connectivity index (χ4v) is 2.27. The Hall–Kier alpha value is -2.17. The molecule has 0 saturated carbocycles. The van der Waals surface area contributed by atoms with Crippen molar-refractivity contribution in [3.8, 4) is 0 Å². The van der Waals surface area contributed by atoms with Crippen LogP contribution < -0.4 is 10.6 Å². The van der Waals surface area contributed by atoms with Gasteiger partial charge >= 0.3 is 0 Å². The van der Waals surface area contributed by atoms with Gasteiger partial charge in [-0.05, 0) is 38.0 Å². The Morgan fingerprint density at radius 2 is 2.10 bits per heavy atom. The van der Waals surface area contributed by atoms with Crippen molar-refractivity contribution in [1.29, 1.82) is 0 Å². The summed E-state index contributed by atoms with van der Waals surface area (Å²) in [7, 11) is 0. The summed E-state index contributed by atoms with van der Waals surface area (Å²) < 4.78 is 0. The van der Waals surface area contributed by atoms with E-state index in [1.54, 1.807) is 18.2 Å². The molecule has 5 heteroatoms. The number of Topliss-reactive ketones (excluding diaryl/α,β-unsaturated/α-hetero) is 1. The molecule has 1 aromatic rings. The van der Waals surface area contributed by atoms with Crippen molar-refractivity contribution < 1.29 is 14.4 Å². The highest BCUT2D eigenvalue weighted by molar-refractivity contribution is 6.00. The molecule has 1 heterocycles. The second kappa shape index (κ2) is 5.86. The van der Waals surface area contributed by atoms with Crippen LogP contribution >= 0.6 is 0 Å². The summed E-state index contributed by atoms with van der Waals surface area (Å²) in [6.45, 7) is 3.78. The molecule has 0 aliphatic carbocycles. The average Bonchev–Trinajstić information content (AvgIpc) is 2.41. The van der Waals surface area contributed by atoms with Crippen molar-refractivity contribution in [2.24, 2.45) is 0 Å². The maximum atomic E-state index is 12.1. The molecule has 5 nitrogen and oxygen atoms in total. The minimum atomic E-state index is -0.214. The molecule has 1 aliphatic heterocycles. The normalized spacial score (nSPS) is 18.3. The predicted molar refractivity (Wildman–Crippen MR) is 74.7 cm³/mol. The number of benzene rings is 1. The first kappa shape index (κ1) is 14.2. The number of carbonyl (C=O) groups excluding carboxylic acids is 3. The summed E-state index contributed by atoms with van der Waals surface area (Å²) >= 11 is 0. The summed E-state index contributed by atoms with van der Waals surface area (Å²) in [5.74, 6) is -0.250. The van der Waals surface area contributed by atoms with Crippen LogP contribution in [0.1, 0.15) is 46.0 Å². The fourth-order valence-electron chi connectivity index (χ4n) is 2.27. The Morgan fingerprint density at radius 3 is 2.70 bits per heavy atom. The topological polar surface area (TPSA) is 75.3 Å². The number of piperidine rings is 1. The largest absolute Gasteiger partial charge is 0.354 e. The van der Waals surface area contributed by atoms with E-state index in [-0.39, 0.29) is 23.6 Å². The zero-order chi connectivity index (χ0) is 14.7. The standard InChI is InChI=1S/C15H18N2O3/c1-9-3-4-11(7-13(9)10(2)18)15(20)17-12-5-6-14(19)16-8-12/h3-4,7,12H,5-6,8H2,1-2H3,(H,16,19)(H,17,20)/t12-/m0/s1. The van der Waals surface area contributed by atoms with Crippen molar-refractivity contribution >= 4 is 17.6 Å². The number of ketones is 1. The van der Waals surface area contributed by atoms with Crippen LogP contribution in [0.25, 0.3) is 0 Å². The molecule has 20 heavy (non-hydrogen) atoms. The number of amides is 2. The van der Waals surface area contributed by atoms with Gasteiger partial charge in [-0.15, -0.1) is 0 Å². The highest BCUT2D eigenvalue weighted by atomic mass is 16.2. The minimum Gasteiger partial charge on any atom is -0.354 e. The van der Waals surface area contributed by atoms with Gasteiger partial charge in [0.05, 0.1) is 0 Å². The van der Waals surface area contributed by atoms with Gasteiger partial charge in [-0.25, -0.2) is 0 Å². The lowest BCUT2D eigenvalue weighted by molar-refractivity contribution is -0.122. The van der Waals surface area contributed by atoms with Crippen molar-refractivity contribution in [1.82, 2.24) is 10.6 Å². The molecule has 1 atom stereocenters. The molecule has 1 saturated heterocycles. The van der Waals surface area contributed by atoms with Gasteiger partial charge in [0.15, 0.2) is 5.78 Å². The molecule has 1 aliphatic rings. The van der Waals surface area contributed by atoms with E-state index in [1.807, 2.05) is 6.92 Å². The molecule has 0 bridgehead atoms. The maximum Gasteiger partial charge on any atom is 0.251 e. The summed E-state index contributed by atoms with van der Waals surface area (Å²) in [6, 6.07) is 5.04. The van der Waals surface area contributed by atoms with Crippen LogP contribution in [0.4, 0.5) is 0 Å². The molecule has 0 radical (unpaired) electrons. The van der Waals surface area contributed by atoms with Crippen molar-refractivity contribution in [3.05, 3.63) is 34.9 Å². The zero-order valence-corrected chi connectivity index (χ0v) is 11.7. The van der Waals surface area contributed by atoms with Gasteiger partial charge in [-0.2, -0.15) is 0 Å². The Kier molecular flexibility index (Phi) is 4.17. The van der Waals surface area contributed by atoms with Crippen molar-refractivity contribution in [2.75, 3.05) is 6.54 Å². The van der Waals surface area contributed by atoms with Crippen LogP contribution in [0.15, 0.2) is 18.2 Å². The van der Waals surface area contributed by atoms with Gasteiger partial charge in [0.25, 0.3) is 5.91 Å². The van der Waals surface area contributed by atoms with Crippen LogP contribution in [0.2, 0.25) is 0 Å². The van der Waals surface area contributed by atoms with Gasteiger partial charge in [0, 0.05) is 30.1 Å². The molecule has 1 fully saturated rings. The van der Waals surface area contributed by atoms with Gasteiger partial charge in [-0.3, -0.25) is 14.4 Å². The first-order chi connectivity index (χ1) is 9.47. The molecule has 1 aromatic carbocycles. The quantitative estimate of drug-likeness (QED) is 0.813. The number of carbonyl (C=O) groups is 3. The molecular weight excluding hydrogens is 256 g/mol. The summed E-state index contributed by atoms with van der Waals surface area (Å²) in [5, 5.41) is 5.60. The number of hydrogen-bond donors (Lipinski definition) is 2. The molecule has 2 N–H and O–H groups in total. The third-order valence-corrected chi connectivity index (χ3v) is 3.48.